The summed E-state index contributed by atoms with van der Waals surface area (Å²) in [5.74, 6) is 6.73. The van der Waals surface area contributed by atoms with Crippen LogP contribution in [0, 0.1) is 52.3 Å². The highest BCUT2D eigenvalue weighted by Crippen LogP contribution is 2.67. The van der Waals surface area contributed by atoms with Crippen molar-refractivity contribution in [2.45, 2.75) is 119 Å². The molecule has 0 aromatic rings. The van der Waals surface area contributed by atoms with Crippen LogP contribution >= 0.6 is 0 Å². The van der Waals surface area contributed by atoms with Gasteiger partial charge in [-0.2, -0.15) is 0 Å². The topological polar surface area (TPSA) is 0 Å². The van der Waals surface area contributed by atoms with Gasteiger partial charge in [-0.05, 0) is 111 Å². The van der Waals surface area contributed by atoms with E-state index in [2.05, 4.69) is 54.2 Å². The van der Waals surface area contributed by atoms with E-state index < -0.39 is 0 Å². The molecule has 4 aliphatic carbocycles. The van der Waals surface area contributed by atoms with Crippen LogP contribution in [0.3, 0.4) is 0 Å². The second-order valence-electron chi connectivity index (χ2n) is 13.0. The van der Waals surface area contributed by atoms with Gasteiger partial charge in [-0.1, -0.05) is 78.5 Å². The van der Waals surface area contributed by atoms with Gasteiger partial charge < -0.3 is 0 Å². The molecule has 0 amide bonds. The van der Waals surface area contributed by atoms with Gasteiger partial charge in [0.15, 0.2) is 0 Å². The summed E-state index contributed by atoms with van der Waals surface area (Å²) in [5, 5.41) is 0. The van der Waals surface area contributed by atoms with Crippen LogP contribution in [0.15, 0.2) is 24.3 Å². The summed E-state index contributed by atoms with van der Waals surface area (Å²) in [7, 11) is 0. The third-order valence-corrected chi connectivity index (χ3v) is 10.6. The Labute approximate surface area is 195 Å². The maximum atomic E-state index is 3.36. The molecule has 31 heavy (non-hydrogen) atoms. The van der Waals surface area contributed by atoms with E-state index in [4.69, 9.17) is 0 Å². The Bertz CT molecular complexity index is 626. The lowest BCUT2D eigenvalue weighted by Gasteiger charge is -2.58. The Kier molecular flexibility index (Phi) is 8.24. The maximum Gasteiger partial charge on any atom is -0.00851 e. The van der Waals surface area contributed by atoms with Crippen molar-refractivity contribution in [1.29, 1.82) is 0 Å². The summed E-state index contributed by atoms with van der Waals surface area (Å²) in [6, 6.07) is 0. The summed E-state index contributed by atoms with van der Waals surface area (Å²) >= 11 is 0. The van der Waals surface area contributed by atoms with Crippen LogP contribution in [-0.4, -0.2) is 0 Å². The SMILES string of the molecule is C=CC.CC(C)CCCC(C)C1CCC2C3CC=C4CC(C)CCC4(C)C3CCC12C. The van der Waals surface area contributed by atoms with Gasteiger partial charge in [-0.3, -0.25) is 0 Å². The molecule has 0 heteroatoms. The van der Waals surface area contributed by atoms with Crippen LogP contribution in [0.25, 0.3) is 0 Å². The Hall–Kier alpha value is -0.520. The molecule has 0 heterocycles. The van der Waals surface area contributed by atoms with Crippen molar-refractivity contribution in [3.63, 3.8) is 0 Å². The van der Waals surface area contributed by atoms with E-state index in [1.54, 1.807) is 6.08 Å². The molecule has 0 N–H and O–H groups in total. The minimum atomic E-state index is 0.553. The first-order valence-electron chi connectivity index (χ1n) is 13.9. The fourth-order valence-corrected chi connectivity index (χ4v) is 8.87. The summed E-state index contributed by atoms with van der Waals surface area (Å²) in [6.07, 6.45) is 20.7. The molecule has 0 radical (unpaired) electrons. The van der Waals surface area contributed by atoms with Crippen molar-refractivity contribution in [2.75, 3.05) is 0 Å². The molecule has 0 saturated heterocycles. The monoisotopic (exact) mass is 426 g/mol. The zero-order valence-corrected chi connectivity index (χ0v) is 22.2. The molecule has 8 unspecified atom stereocenters. The zero-order valence-electron chi connectivity index (χ0n) is 22.2. The smallest absolute Gasteiger partial charge is 0.00851 e. The van der Waals surface area contributed by atoms with Crippen molar-refractivity contribution >= 4 is 0 Å². The lowest BCUT2D eigenvalue weighted by molar-refractivity contribution is -0.0523. The summed E-state index contributed by atoms with van der Waals surface area (Å²) in [4.78, 5) is 0. The molecule has 0 nitrogen and oxygen atoms in total. The molecule has 3 saturated carbocycles. The van der Waals surface area contributed by atoms with E-state index in [0.717, 1.165) is 41.4 Å². The molecule has 4 rings (SSSR count). The highest BCUT2D eigenvalue weighted by Gasteiger charge is 2.58. The number of hydrogen-bond donors (Lipinski definition) is 0. The van der Waals surface area contributed by atoms with Crippen molar-refractivity contribution in [1.82, 2.24) is 0 Å². The van der Waals surface area contributed by atoms with Gasteiger partial charge in [0.25, 0.3) is 0 Å². The van der Waals surface area contributed by atoms with Gasteiger partial charge >= 0.3 is 0 Å². The van der Waals surface area contributed by atoms with Gasteiger partial charge in [0, 0.05) is 0 Å². The average Bonchev–Trinajstić information content (AvgIpc) is 3.06. The highest BCUT2D eigenvalue weighted by atomic mass is 14.6. The predicted molar refractivity (Wildman–Crippen MR) is 138 cm³/mol. The number of hydrogen-bond acceptors (Lipinski definition) is 0. The van der Waals surface area contributed by atoms with E-state index in [-0.39, 0.29) is 0 Å². The molecule has 178 valence electrons. The largest absolute Gasteiger partial charge is 0.103 e. The lowest BCUT2D eigenvalue weighted by atomic mass is 9.46. The standard InChI is InChI=1S/C28H48.C3H6/c1-19(2)8-7-9-21(4)24-12-13-25-23-11-10-22-18-20(3)14-16-27(22,5)26(23)15-17-28(24,25)6;1-3-2/h10,19-21,23-26H,7-9,11-18H2,1-6H3;3H,1H2,2H3. The Morgan fingerprint density at radius 1 is 1.03 bits per heavy atom. The number of rotatable bonds is 5. The van der Waals surface area contributed by atoms with Crippen LogP contribution in [0.2, 0.25) is 0 Å². The Morgan fingerprint density at radius 2 is 1.74 bits per heavy atom. The predicted octanol–water partition coefficient (Wildman–Crippen LogP) is 9.86. The van der Waals surface area contributed by atoms with Gasteiger partial charge in [0.1, 0.15) is 0 Å². The molecule has 0 bridgehead atoms. The quantitative estimate of drug-likeness (QED) is 0.384. The Balaban J connectivity index is 0.000000858. The van der Waals surface area contributed by atoms with Crippen LogP contribution in [0.1, 0.15) is 119 Å². The van der Waals surface area contributed by atoms with Crippen molar-refractivity contribution in [2.24, 2.45) is 52.3 Å². The van der Waals surface area contributed by atoms with E-state index >= 15 is 0 Å². The molecule has 0 aromatic carbocycles. The first-order valence-corrected chi connectivity index (χ1v) is 13.9. The lowest BCUT2D eigenvalue weighted by Crippen LogP contribution is -2.50. The Morgan fingerprint density at radius 3 is 2.42 bits per heavy atom. The van der Waals surface area contributed by atoms with Crippen molar-refractivity contribution < 1.29 is 0 Å². The van der Waals surface area contributed by atoms with Crippen LogP contribution in [-0.2, 0) is 0 Å². The van der Waals surface area contributed by atoms with E-state index in [9.17, 15) is 0 Å². The summed E-state index contributed by atoms with van der Waals surface area (Å²) < 4.78 is 0. The molecular formula is C31H54. The van der Waals surface area contributed by atoms with E-state index in [1.165, 1.54) is 70.6 Å². The molecule has 8 atom stereocenters. The molecular weight excluding hydrogens is 372 g/mol. The number of allylic oxidation sites excluding steroid dienone is 3. The first-order chi connectivity index (χ1) is 14.7. The normalized spacial score (nSPS) is 42.5. The van der Waals surface area contributed by atoms with Gasteiger partial charge in [0.2, 0.25) is 0 Å². The summed E-state index contributed by atoms with van der Waals surface area (Å²) in [5.41, 5.74) is 3.06. The average molecular weight is 427 g/mol. The molecule has 0 aromatic heterocycles. The molecule has 4 aliphatic rings. The van der Waals surface area contributed by atoms with E-state index in [0.29, 0.717) is 10.8 Å². The second kappa shape index (κ2) is 10.2. The summed E-state index contributed by atoms with van der Waals surface area (Å²) in [6.45, 7) is 20.5. The fraction of sp³-hybridized carbons (Fsp3) is 0.871. The molecule has 0 spiro atoms. The van der Waals surface area contributed by atoms with E-state index in [1.807, 2.05) is 12.5 Å². The minimum absolute atomic E-state index is 0.553. The van der Waals surface area contributed by atoms with Gasteiger partial charge in [0.05, 0.1) is 0 Å². The molecule has 0 aliphatic heterocycles. The fourth-order valence-electron chi connectivity index (χ4n) is 8.87. The van der Waals surface area contributed by atoms with Gasteiger partial charge in [-0.15, -0.1) is 6.58 Å². The minimum Gasteiger partial charge on any atom is -0.103 e. The molecule has 3 fully saturated rings. The first kappa shape index (κ1) is 25.1. The second-order valence-corrected chi connectivity index (χ2v) is 13.0. The number of fused-ring (bicyclic) bond motifs is 5. The third kappa shape index (κ3) is 4.89. The van der Waals surface area contributed by atoms with Crippen LogP contribution in [0.5, 0.6) is 0 Å². The van der Waals surface area contributed by atoms with Crippen LogP contribution in [0.4, 0.5) is 0 Å². The van der Waals surface area contributed by atoms with Crippen LogP contribution < -0.4 is 0 Å². The third-order valence-electron chi connectivity index (χ3n) is 10.6. The highest BCUT2D eigenvalue weighted by molar-refractivity contribution is 5.25. The van der Waals surface area contributed by atoms with Crippen molar-refractivity contribution in [3.8, 4) is 0 Å². The maximum absolute atomic E-state index is 3.36. The zero-order chi connectivity index (χ0) is 22.8. The van der Waals surface area contributed by atoms with Crippen molar-refractivity contribution in [3.05, 3.63) is 24.3 Å². The van der Waals surface area contributed by atoms with Gasteiger partial charge in [-0.25, -0.2) is 0 Å².